The Morgan fingerprint density at radius 1 is 1.39 bits per heavy atom. The van der Waals surface area contributed by atoms with Crippen molar-refractivity contribution in [3.8, 4) is 5.75 Å². The van der Waals surface area contributed by atoms with Gasteiger partial charge in [-0.3, -0.25) is 0 Å². The van der Waals surface area contributed by atoms with Gasteiger partial charge in [-0.25, -0.2) is 9.37 Å². The van der Waals surface area contributed by atoms with Crippen LogP contribution in [0.15, 0.2) is 24.4 Å². The van der Waals surface area contributed by atoms with Crippen LogP contribution in [0.3, 0.4) is 0 Å². The zero-order chi connectivity index (χ0) is 13.1. The van der Waals surface area contributed by atoms with Crippen LogP contribution >= 0.6 is 0 Å². The monoisotopic (exact) mass is 248 g/mol. The summed E-state index contributed by atoms with van der Waals surface area (Å²) in [6.45, 7) is 1.85. The predicted molar refractivity (Wildman–Crippen MR) is 67.4 cm³/mol. The maximum Gasteiger partial charge on any atom is 0.221 e. The summed E-state index contributed by atoms with van der Waals surface area (Å²) >= 11 is 0. The molecule has 2 rings (SSSR count). The van der Waals surface area contributed by atoms with Crippen LogP contribution in [0.5, 0.6) is 5.75 Å². The molecule has 1 aromatic carbocycles. The summed E-state index contributed by atoms with van der Waals surface area (Å²) in [6, 6.07) is 4.21. The molecule has 1 heterocycles. The Hall–Kier alpha value is -2.37. The average molecular weight is 248 g/mol. The Morgan fingerprint density at radius 3 is 2.89 bits per heavy atom. The van der Waals surface area contributed by atoms with Gasteiger partial charge in [-0.15, -0.1) is 0 Å². The van der Waals surface area contributed by atoms with Crippen LogP contribution in [0.4, 0.5) is 21.8 Å². The smallest absolute Gasteiger partial charge is 0.221 e. The van der Waals surface area contributed by atoms with Gasteiger partial charge >= 0.3 is 0 Å². The largest absolute Gasteiger partial charge is 0.494 e. The van der Waals surface area contributed by atoms with Crippen molar-refractivity contribution in [2.24, 2.45) is 0 Å². The summed E-state index contributed by atoms with van der Waals surface area (Å²) in [6.07, 6.45) is 1.61. The fraction of sp³-hybridized carbons (Fsp3) is 0.167. The van der Waals surface area contributed by atoms with Crippen LogP contribution in [0, 0.1) is 12.7 Å². The third-order valence-corrected chi connectivity index (χ3v) is 2.41. The number of hydrogen-bond donors (Lipinski definition) is 2. The van der Waals surface area contributed by atoms with Crippen molar-refractivity contribution in [1.82, 2.24) is 9.97 Å². The molecule has 0 saturated carbocycles. The highest BCUT2D eigenvalue weighted by atomic mass is 19.1. The first-order valence-electron chi connectivity index (χ1n) is 5.30. The SMILES string of the molecule is COc1cc(F)ccc1Nc1nc(N)ncc1C. The molecule has 2 aromatic rings. The molecule has 0 fully saturated rings. The summed E-state index contributed by atoms with van der Waals surface area (Å²) in [5.41, 5.74) is 6.96. The quantitative estimate of drug-likeness (QED) is 0.871. The molecule has 0 spiro atoms. The molecule has 1 aromatic heterocycles. The number of halogens is 1. The van der Waals surface area contributed by atoms with Crippen LogP contribution in [-0.4, -0.2) is 17.1 Å². The minimum Gasteiger partial charge on any atom is -0.494 e. The van der Waals surface area contributed by atoms with E-state index in [9.17, 15) is 4.39 Å². The Morgan fingerprint density at radius 2 is 2.17 bits per heavy atom. The van der Waals surface area contributed by atoms with Gasteiger partial charge in [-0.1, -0.05) is 0 Å². The predicted octanol–water partition coefficient (Wildman–Crippen LogP) is 2.26. The lowest BCUT2D eigenvalue weighted by Gasteiger charge is -2.12. The molecule has 0 aliphatic rings. The van der Waals surface area contributed by atoms with Crippen LogP contribution < -0.4 is 15.8 Å². The Labute approximate surface area is 104 Å². The number of nitrogens with two attached hydrogens (primary N) is 1. The Bertz CT molecular complexity index is 574. The minimum atomic E-state index is -0.365. The molecule has 0 atom stereocenters. The second kappa shape index (κ2) is 4.87. The van der Waals surface area contributed by atoms with Crippen molar-refractivity contribution in [3.63, 3.8) is 0 Å². The molecule has 0 bridgehead atoms. The number of aryl methyl sites for hydroxylation is 1. The molecule has 6 heteroatoms. The summed E-state index contributed by atoms with van der Waals surface area (Å²) in [5, 5.41) is 3.04. The van der Waals surface area contributed by atoms with Gasteiger partial charge in [0.05, 0.1) is 12.8 Å². The van der Waals surface area contributed by atoms with Gasteiger partial charge in [0.2, 0.25) is 5.95 Å². The normalized spacial score (nSPS) is 10.2. The maximum absolute atomic E-state index is 13.1. The highest BCUT2D eigenvalue weighted by Gasteiger charge is 2.08. The lowest BCUT2D eigenvalue weighted by Crippen LogP contribution is -2.03. The number of aromatic nitrogens is 2. The van der Waals surface area contributed by atoms with Crippen LogP contribution in [0.25, 0.3) is 0 Å². The standard InChI is InChI=1S/C12H13FN4O/c1-7-6-15-12(14)17-11(7)16-9-4-3-8(13)5-10(9)18-2/h3-6H,1-2H3,(H3,14,15,16,17). The summed E-state index contributed by atoms with van der Waals surface area (Å²) in [5.74, 6) is 0.763. The van der Waals surface area contributed by atoms with Gasteiger partial charge in [0.15, 0.2) is 0 Å². The number of rotatable bonds is 3. The highest BCUT2D eigenvalue weighted by Crippen LogP contribution is 2.28. The lowest BCUT2D eigenvalue weighted by atomic mass is 10.2. The van der Waals surface area contributed by atoms with Crippen LogP contribution in [0.2, 0.25) is 0 Å². The van der Waals surface area contributed by atoms with E-state index in [1.54, 1.807) is 12.3 Å². The van der Waals surface area contributed by atoms with Crippen molar-refractivity contribution in [3.05, 3.63) is 35.8 Å². The van der Waals surface area contributed by atoms with E-state index in [0.29, 0.717) is 17.3 Å². The number of nitrogens with one attached hydrogen (secondary N) is 1. The van der Waals surface area contributed by atoms with Gasteiger partial charge in [-0.05, 0) is 19.1 Å². The number of anilines is 3. The molecule has 5 nitrogen and oxygen atoms in total. The Kier molecular flexibility index (Phi) is 3.27. The molecule has 18 heavy (non-hydrogen) atoms. The van der Waals surface area contributed by atoms with Gasteiger partial charge < -0.3 is 15.8 Å². The topological polar surface area (TPSA) is 73.1 Å². The number of hydrogen-bond acceptors (Lipinski definition) is 5. The third-order valence-electron chi connectivity index (χ3n) is 2.41. The zero-order valence-corrected chi connectivity index (χ0v) is 10.1. The van der Waals surface area contributed by atoms with Crippen molar-refractivity contribution < 1.29 is 9.13 Å². The van der Waals surface area contributed by atoms with E-state index >= 15 is 0 Å². The zero-order valence-electron chi connectivity index (χ0n) is 10.1. The number of ether oxygens (including phenoxy) is 1. The van der Waals surface area contributed by atoms with E-state index in [2.05, 4.69) is 15.3 Å². The lowest BCUT2D eigenvalue weighted by molar-refractivity contribution is 0.413. The molecule has 0 amide bonds. The average Bonchev–Trinajstić information content (AvgIpc) is 2.36. The third kappa shape index (κ3) is 2.48. The number of benzene rings is 1. The van der Waals surface area contributed by atoms with Crippen molar-refractivity contribution in [2.75, 3.05) is 18.2 Å². The fourth-order valence-corrected chi connectivity index (χ4v) is 1.48. The molecule has 0 saturated heterocycles. The molecule has 0 aliphatic heterocycles. The molecule has 3 N–H and O–H groups in total. The molecule has 0 unspecified atom stereocenters. The summed E-state index contributed by atoms with van der Waals surface area (Å²) in [7, 11) is 1.47. The van der Waals surface area contributed by atoms with Gasteiger partial charge in [0, 0.05) is 17.8 Å². The number of methoxy groups -OCH3 is 1. The minimum absolute atomic E-state index is 0.171. The van der Waals surface area contributed by atoms with Gasteiger partial charge in [-0.2, -0.15) is 4.98 Å². The molecule has 0 aliphatic carbocycles. The second-order valence-corrected chi connectivity index (χ2v) is 3.73. The maximum atomic E-state index is 13.1. The van der Waals surface area contributed by atoms with Crippen molar-refractivity contribution >= 4 is 17.5 Å². The summed E-state index contributed by atoms with van der Waals surface area (Å²) in [4.78, 5) is 7.95. The van der Waals surface area contributed by atoms with Crippen LogP contribution in [0.1, 0.15) is 5.56 Å². The van der Waals surface area contributed by atoms with Crippen molar-refractivity contribution in [2.45, 2.75) is 6.92 Å². The van der Waals surface area contributed by atoms with E-state index < -0.39 is 0 Å². The van der Waals surface area contributed by atoms with E-state index in [-0.39, 0.29) is 11.8 Å². The van der Waals surface area contributed by atoms with E-state index in [0.717, 1.165) is 5.56 Å². The van der Waals surface area contributed by atoms with E-state index in [4.69, 9.17) is 10.5 Å². The van der Waals surface area contributed by atoms with Gasteiger partial charge in [0.25, 0.3) is 0 Å². The first-order chi connectivity index (χ1) is 8.60. The summed E-state index contributed by atoms with van der Waals surface area (Å²) < 4.78 is 18.2. The molecule has 0 radical (unpaired) electrons. The van der Waals surface area contributed by atoms with E-state index in [1.165, 1.54) is 19.2 Å². The van der Waals surface area contributed by atoms with Crippen LogP contribution in [-0.2, 0) is 0 Å². The molecular weight excluding hydrogens is 235 g/mol. The van der Waals surface area contributed by atoms with E-state index in [1.807, 2.05) is 6.92 Å². The first-order valence-corrected chi connectivity index (χ1v) is 5.30. The Balaban J connectivity index is 2.36. The number of nitrogen functional groups attached to an aromatic ring is 1. The molecular formula is C12H13FN4O. The van der Waals surface area contributed by atoms with Gasteiger partial charge in [0.1, 0.15) is 17.4 Å². The fourth-order valence-electron chi connectivity index (χ4n) is 1.48. The number of nitrogens with zero attached hydrogens (tertiary/aromatic N) is 2. The highest BCUT2D eigenvalue weighted by molar-refractivity contribution is 5.66. The van der Waals surface area contributed by atoms with Crippen molar-refractivity contribution in [1.29, 1.82) is 0 Å². The molecule has 94 valence electrons. The first kappa shape index (κ1) is 12.1. The second-order valence-electron chi connectivity index (χ2n) is 3.73.